The molecule has 1 aromatic rings. The van der Waals surface area contributed by atoms with Gasteiger partial charge in [0, 0.05) is 44.4 Å². The molecule has 32 heavy (non-hydrogen) atoms. The fourth-order valence-electron chi connectivity index (χ4n) is 5.29. The van der Waals surface area contributed by atoms with Crippen LogP contribution in [0.3, 0.4) is 0 Å². The number of benzene rings is 1. The predicted octanol–water partition coefficient (Wildman–Crippen LogP) is 1.96. The van der Waals surface area contributed by atoms with Gasteiger partial charge >= 0.3 is 0 Å². The number of hydrogen-bond acceptors (Lipinski definition) is 5. The fraction of sp³-hybridized carbons (Fsp3) is 0.680. The van der Waals surface area contributed by atoms with Gasteiger partial charge in [-0.15, -0.1) is 0 Å². The molecule has 1 aromatic carbocycles. The average Bonchev–Trinajstić information content (AvgIpc) is 3.52. The summed E-state index contributed by atoms with van der Waals surface area (Å²) in [5, 5.41) is 3.22. The third kappa shape index (κ3) is 5.50. The summed E-state index contributed by atoms with van der Waals surface area (Å²) in [4.78, 5) is 30.4. The van der Waals surface area contributed by atoms with Crippen LogP contribution in [0.1, 0.15) is 56.1 Å². The number of nitrogens with one attached hydrogen (secondary N) is 1. The summed E-state index contributed by atoms with van der Waals surface area (Å²) in [6, 6.07) is 9.18. The second kappa shape index (κ2) is 10.3. The van der Waals surface area contributed by atoms with Gasteiger partial charge in [-0.3, -0.25) is 14.5 Å². The van der Waals surface area contributed by atoms with Gasteiger partial charge in [-0.1, -0.05) is 24.3 Å². The van der Waals surface area contributed by atoms with E-state index in [9.17, 15) is 9.59 Å². The smallest absolute Gasteiger partial charge is 0.249 e. The third-order valence-corrected chi connectivity index (χ3v) is 7.39. The average molecular weight is 443 g/mol. The number of likely N-dealkylation sites (tertiary alicyclic amines) is 1. The van der Waals surface area contributed by atoms with Crippen LogP contribution in [0.4, 0.5) is 0 Å². The van der Waals surface area contributed by atoms with E-state index in [1.807, 2.05) is 0 Å². The number of rotatable bonds is 8. The van der Waals surface area contributed by atoms with Gasteiger partial charge in [0.1, 0.15) is 12.6 Å². The van der Waals surface area contributed by atoms with Crippen LogP contribution in [-0.2, 0) is 20.9 Å². The molecule has 176 valence electrons. The van der Waals surface area contributed by atoms with Crippen LogP contribution < -0.4 is 11.1 Å². The van der Waals surface area contributed by atoms with Crippen LogP contribution in [0.15, 0.2) is 24.3 Å². The normalized spacial score (nSPS) is 28.2. The number of nitrogens with zero attached hydrogens (tertiary/aromatic N) is 2. The Morgan fingerprint density at radius 3 is 2.50 bits per heavy atom. The van der Waals surface area contributed by atoms with Crippen LogP contribution in [0.2, 0.25) is 0 Å². The molecule has 2 amide bonds. The molecule has 2 unspecified atom stereocenters. The number of carbonyl (C=O) groups excluding carboxylic acids is 2. The van der Waals surface area contributed by atoms with Crippen molar-refractivity contribution in [2.45, 2.75) is 88.6 Å². The Hall–Kier alpha value is -1.96. The van der Waals surface area contributed by atoms with Gasteiger partial charge in [-0.25, -0.2) is 0 Å². The molecule has 7 nitrogen and oxygen atoms in total. The van der Waals surface area contributed by atoms with Crippen molar-refractivity contribution in [3.63, 3.8) is 0 Å². The minimum absolute atomic E-state index is 0.00992. The van der Waals surface area contributed by atoms with Crippen LogP contribution in [-0.4, -0.2) is 72.1 Å². The lowest BCUT2D eigenvalue weighted by Gasteiger charge is -2.30. The summed E-state index contributed by atoms with van der Waals surface area (Å²) in [6.45, 7) is 3.60. The molecule has 4 rings (SSSR count). The summed E-state index contributed by atoms with van der Waals surface area (Å²) < 4.78 is 5.12. The summed E-state index contributed by atoms with van der Waals surface area (Å²) >= 11 is 0. The first-order chi connectivity index (χ1) is 15.5. The van der Waals surface area contributed by atoms with E-state index >= 15 is 0 Å². The highest BCUT2D eigenvalue weighted by Crippen LogP contribution is 2.35. The maximum absolute atomic E-state index is 13.3. The highest BCUT2D eigenvalue weighted by molar-refractivity contribution is 5.89. The Bertz CT molecular complexity index is 804. The Morgan fingerprint density at radius 2 is 1.84 bits per heavy atom. The molecule has 1 aliphatic heterocycles. The lowest BCUT2D eigenvalue weighted by atomic mass is 9.91. The van der Waals surface area contributed by atoms with Crippen molar-refractivity contribution in [1.82, 2.24) is 15.1 Å². The molecular weight excluding hydrogens is 404 g/mol. The number of amides is 2. The summed E-state index contributed by atoms with van der Waals surface area (Å²) in [5.74, 6) is -0.128. The Morgan fingerprint density at radius 1 is 1.12 bits per heavy atom. The van der Waals surface area contributed by atoms with E-state index in [1.165, 1.54) is 31.1 Å². The molecule has 1 saturated heterocycles. The molecule has 0 radical (unpaired) electrons. The number of carbonyl (C=O) groups is 2. The van der Waals surface area contributed by atoms with E-state index in [1.54, 1.807) is 4.90 Å². The number of nitrogens with two attached hydrogens (primary N) is 1. The molecule has 0 spiro atoms. The first kappa shape index (κ1) is 23.2. The van der Waals surface area contributed by atoms with E-state index in [0.29, 0.717) is 19.0 Å². The van der Waals surface area contributed by atoms with Crippen molar-refractivity contribution in [3.05, 3.63) is 35.4 Å². The van der Waals surface area contributed by atoms with Gasteiger partial charge in [0.15, 0.2) is 0 Å². The first-order valence-corrected chi connectivity index (χ1v) is 12.1. The molecular formula is C25H38N4O3. The zero-order chi connectivity index (χ0) is 22.7. The van der Waals surface area contributed by atoms with E-state index in [-0.39, 0.29) is 36.5 Å². The highest BCUT2D eigenvalue weighted by Gasteiger charge is 2.45. The van der Waals surface area contributed by atoms with Gasteiger partial charge in [0.2, 0.25) is 11.8 Å². The van der Waals surface area contributed by atoms with Crippen LogP contribution >= 0.6 is 0 Å². The molecule has 1 heterocycles. The van der Waals surface area contributed by atoms with E-state index < -0.39 is 6.04 Å². The minimum Gasteiger partial charge on any atom is -0.375 e. The van der Waals surface area contributed by atoms with Crippen molar-refractivity contribution in [1.29, 1.82) is 0 Å². The quantitative estimate of drug-likeness (QED) is 0.643. The largest absolute Gasteiger partial charge is 0.375 e. The Balaban J connectivity index is 1.47. The molecule has 0 aromatic heterocycles. The second-order valence-corrected chi connectivity index (χ2v) is 9.83. The molecule has 3 N–H and O–H groups in total. The lowest BCUT2D eigenvalue weighted by molar-refractivity contribution is -0.141. The zero-order valence-corrected chi connectivity index (χ0v) is 19.5. The molecule has 0 bridgehead atoms. The van der Waals surface area contributed by atoms with Gasteiger partial charge in [0.05, 0.1) is 0 Å². The highest BCUT2D eigenvalue weighted by atomic mass is 16.5. The fourth-order valence-corrected chi connectivity index (χ4v) is 5.29. The van der Waals surface area contributed by atoms with Crippen LogP contribution in [0, 0.1) is 6.92 Å². The van der Waals surface area contributed by atoms with Gasteiger partial charge in [0.25, 0.3) is 0 Å². The molecule has 2 aliphatic carbocycles. The number of methoxy groups -OCH3 is 1. The third-order valence-electron chi connectivity index (χ3n) is 7.39. The van der Waals surface area contributed by atoms with E-state index in [2.05, 4.69) is 41.4 Å². The standard InChI is InChI=1S/C25H38N4O3/c1-17-5-3-4-6-18(17)14-28(21-11-12-21)22-13-23(29(15-22)24(30)16-32-2)25(31)27-20-9-7-19(26)8-10-20/h3-6,19-23H,7-16,26H2,1-2H3,(H,27,31). The molecule has 3 fully saturated rings. The van der Waals surface area contributed by atoms with Crippen LogP contribution in [0.5, 0.6) is 0 Å². The topological polar surface area (TPSA) is 87.9 Å². The van der Waals surface area contributed by atoms with Crippen molar-refractivity contribution in [3.8, 4) is 0 Å². The number of hydrogen-bond donors (Lipinski definition) is 2. The SMILES string of the molecule is COCC(=O)N1CC(N(Cc2ccccc2C)C2CC2)CC1C(=O)NC1CCC(N)CC1. The Kier molecular flexibility index (Phi) is 7.48. The molecule has 2 saturated carbocycles. The van der Waals surface area contributed by atoms with Gasteiger partial charge < -0.3 is 20.7 Å². The molecule has 3 aliphatic rings. The molecule has 2 atom stereocenters. The van der Waals surface area contributed by atoms with E-state index in [0.717, 1.165) is 32.2 Å². The minimum atomic E-state index is -0.434. The second-order valence-electron chi connectivity index (χ2n) is 9.83. The van der Waals surface area contributed by atoms with Gasteiger partial charge in [-0.2, -0.15) is 0 Å². The maximum atomic E-state index is 13.3. The first-order valence-electron chi connectivity index (χ1n) is 12.1. The maximum Gasteiger partial charge on any atom is 0.249 e. The van der Waals surface area contributed by atoms with E-state index in [4.69, 9.17) is 10.5 Å². The summed E-state index contributed by atoms with van der Waals surface area (Å²) in [6.07, 6.45) is 6.76. The molecule has 7 heteroatoms. The lowest BCUT2D eigenvalue weighted by Crippen LogP contribution is -2.50. The van der Waals surface area contributed by atoms with Crippen molar-refractivity contribution >= 4 is 11.8 Å². The van der Waals surface area contributed by atoms with Gasteiger partial charge in [-0.05, 0) is 63.0 Å². The monoisotopic (exact) mass is 442 g/mol. The number of aryl methyl sites for hydroxylation is 1. The van der Waals surface area contributed by atoms with Crippen LogP contribution in [0.25, 0.3) is 0 Å². The predicted molar refractivity (Wildman–Crippen MR) is 124 cm³/mol. The van der Waals surface area contributed by atoms with Crippen molar-refractivity contribution in [2.24, 2.45) is 5.73 Å². The Labute approximate surface area is 191 Å². The number of ether oxygens (including phenoxy) is 1. The van der Waals surface area contributed by atoms with Crippen molar-refractivity contribution < 1.29 is 14.3 Å². The van der Waals surface area contributed by atoms with Crippen molar-refractivity contribution in [2.75, 3.05) is 20.3 Å². The summed E-state index contributed by atoms with van der Waals surface area (Å²) in [5.41, 5.74) is 8.63. The zero-order valence-electron chi connectivity index (χ0n) is 19.5. The summed E-state index contributed by atoms with van der Waals surface area (Å²) in [7, 11) is 1.53.